The summed E-state index contributed by atoms with van der Waals surface area (Å²) in [6, 6.07) is 4.55. The lowest BCUT2D eigenvalue weighted by atomic mass is 10.2. The second-order valence-corrected chi connectivity index (χ2v) is 5.95. The highest BCUT2D eigenvalue weighted by Gasteiger charge is 2.15. The largest absolute Gasteiger partial charge is 0.392 e. The highest BCUT2D eigenvalue weighted by atomic mass is 32.2. The van der Waals surface area contributed by atoms with Crippen molar-refractivity contribution in [3.05, 3.63) is 35.6 Å². The van der Waals surface area contributed by atoms with Gasteiger partial charge in [-0.05, 0) is 24.6 Å². The Hall–Kier alpha value is -1.02. The van der Waals surface area contributed by atoms with Gasteiger partial charge in [0.2, 0.25) is 10.0 Å². The zero-order valence-electron chi connectivity index (χ0n) is 10.0. The van der Waals surface area contributed by atoms with Gasteiger partial charge in [-0.3, -0.25) is 0 Å². The summed E-state index contributed by atoms with van der Waals surface area (Å²) >= 11 is 0. The molecule has 1 aromatic rings. The van der Waals surface area contributed by atoms with E-state index in [2.05, 4.69) is 4.72 Å². The van der Waals surface area contributed by atoms with Crippen molar-refractivity contribution in [2.45, 2.75) is 24.8 Å². The molecule has 2 unspecified atom stereocenters. The van der Waals surface area contributed by atoms with E-state index < -0.39 is 28.0 Å². The number of aliphatic hydroxyl groups excluding tert-OH is 1. The molecule has 1 aromatic carbocycles. The second kappa shape index (κ2) is 6.24. The minimum atomic E-state index is -3.54. The van der Waals surface area contributed by atoms with Crippen LogP contribution in [0.25, 0.3) is 0 Å². The molecular weight excluding hydrogens is 259 g/mol. The van der Waals surface area contributed by atoms with Crippen molar-refractivity contribution in [1.29, 1.82) is 0 Å². The first-order valence-electron chi connectivity index (χ1n) is 5.45. The summed E-state index contributed by atoms with van der Waals surface area (Å²) < 4.78 is 38.3. The van der Waals surface area contributed by atoms with E-state index in [1.54, 1.807) is 0 Å². The molecule has 0 amide bonds. The molecule has 0 aliphatic carbocycles. The van der Waals surface area contributed by atoms with Gasteiger partial charge in [-0.15, -0.1) is 0 Å². The summed E-state index contributed by atoms with van der Waals surface area (Å²) in [5.74, 6) is -0.667. The first-order valence-corrected chi connectivity index (χ1v) is 7.11. The summed E-state index contributed by atoms with van der Waals surface area (Å²) in [6.45, 7) is 1.44. The van der Waals surface area contributed by atoms with Crippen LogP contribution in [0.3, 0.4) is 0 Å². The fourth-order valence-corrected chi connectivity index (χ4v) is 2.42. The number of sulfonamides is 1. The number of aliphatic hydroxyl groups is 1. The van der Waals surface area contributed by atoms with Crippen LogP contribution in [-0.4, -0.2) is 32.2 Å². The zero-order valence-corrected chi connectivity index (χ0v) is 10.8. The fourth-order valence-electron chi connectivity index (χ4n) is 1.24. The van der Waals surface area contributed by atoms with Gasteiger partial charge < -0.3 is 10.8 Å². The Morgan fingerprint density at radius 2 is 1.94 bits per heavy atom. The highest BCUT2D eigenvalue weighted by molar-refractivity contribution is 7.88. The van der Waals surface area contributed by atoms with Gasteiger partial charge in [0.1, 0.15) is 5.82 Å². The van der Waals surface area contributed by atoms with Gasteiger partial charge >= 0.3 is 0 Å². The standard InChI is InChI=1S/C11H17FN2O3S/c1-8(15)11(13)6-14-18(16,17)7-9-2-4-10(12)5-3-9/h2-5,8,11,14-15H,6-7,13H2,1H3. The van der Waals surface area contributed by atoms with E-state index in [0.717, 1.165) is 0 Å². The molecule has 18 heavy (non-hydrogen) atoms. The lowest BCUT2D eigenvalue weighted by Gasteiger charge is -2.15. The number of halogens is 1. The first-order chi connectivity index (χ1) is 8.30. The van der Waals surface area contributed by atoms with Crippen LogP contribution in [0.15, 0.2) is 24.3 Å². The van der Waals surface area contributed by atoms with Crippen molar-refractivity contribution in [2.75, 3.05) is 6.54 Å². The number of hydrogen-bond donors (Lipinski definition) is 3. The smallest absolute Gasteiger partial charge is 0.215 e. The Morgan fingerprint density at radius 3 is 2.44 bits per heavy atom. The molecule has 4 N–H and O–H groups in total. The van der Waals surface area contributed by atoms with Crippen LogP contribution >= 0.6 is 0 Å². The average molecular weight is 276 g/mol. The van der Waals surface area contributed by atoms with Crippen molar-refractivity contribution in [1.82, 2.24) is 4.72 Å². The Balaban J connectivity index is 2.57. The van der Waals surface area contributed by atoms with Crippen LogP contribution in [-0.2, 0) is 15.8 Å². The van der Waals surface area contributed by atoms with E-state index in [1.807, 2.05) is 0 Å². The van der Waals surface area contributed by atoms with Crippen molar-refractivity contribution >= 4 is 10.0 Å². The van der Waals surface area contributed by atoms with Crippen LogP contribution in [0.4, 0.5) is 4.39 Å². The van der Waals surface area contributed by atoms with Crippen LogP contribution < -0.4 is 10.5 Å². The fraction of sp³-hybridized carbons (Fsp3) is 0.455. The first kappa shape index (κ1) is 15.0. The molecule has 0 aliphatic rings. The molecule has 0 bridgehead atoms. The molecule has 2 atom stereocenters. The molecule has 5 nitrogen and oxygen atoms in total. The number of nitrogens with two attached hydrogens (primary N) is 1. The zero-order chi connectivity index (χ0) is 13.8. The third kappa shape index (κ3) is 5.09. The van der Waals surface area contributed by atoms with E-state index >= 15 is 0 Å². The van der Waals surface area contributed by atoms with Crippen molar-refractivity contribution in [3.8, 4) is 0 Å². The van der Waals surface area contributed by atoms with Gasteiger partial charge in [0.15, 0.2) is 0 Å². The maximum absolute atomic E-state index is 12.7. The predicted molar refractivity (Wildman–Crippen MR) is 66.7 cm³/mol. The van der Waals surface area contributed by atoms with E-state index in [0.29, 0.717) is 5.56 Å². The summed E-state index contributed by atoms with van der Waals surface area (Å²) in [5, 5.41) is 9.14. The minimum Gasteiger partial charge on any atom is -0.392 e. The Kier molecular flexibility index (Phi) is 5.21. The molecule has 7 heteroatoms. The van der Waals surface area contributed by atoms with Gasteiger partial charge in [0, 0.05) is 12.6 Å². The number of hydrogen-bond acceptors (Lipinski definition) is 4. The molecule has 102 valence electrons. The Morgan fingerprint density at radius 1 is 1.39 bits per heavy atom. The molecule has 0 heterocycles. The third-order valence-corrected chi connectivity index (χ3v) is 3.75. The Labute approximate surface area is 106 Å². The number of nitrogens with one attached hydrogen (secondary N) is 1. The summed E-state index contributed by atoms with van der Waals surface area (Å²) in [5.41, 5.74) is 5.99. The molecule has 0 saturated heterocycles. The predicted octanol–water partition coefficient (Wildman–Crippen LogP) is -0.0468. The Bertz CT molecular complexity index is 474. The van der Waals surface area contributed by atoms with E-state index in [9.17, 15) is 12.8 Å². The van der Waals surface area contributed by atoms with E-state index in [4.69, 9.17) is 10.8 Å². The molecule has 0 aliphatic heterocycles. The molecule has 0 saturated carbocycles. The van der Waals surface area contributed by atoms with E-state index in [-0.39, 0.29) is 12.3 Å². The van der Waals surface area contributed by atoms with Crippen molar-refractivity contribution in [2.24, 2.45) is 5.73 Å². The molecule has 0 fully saturated rings. The van der Waals surface area contributed by atoms with Gasteiger partial charge in [0.05, 0.1) is 11.9 Å². The van der Waals surface area contributed by atoms with Gasteiger partial charge in [-0.1, -0.05) is 12.1 Å². The molecule has 0 aromatic heterocycles. The van der Waals surface area contributed by atoms with Crippen molar-refractivity contribution < 1.29 is 17.9 Å². The SMILES string of the molecule is CC(O)C(N)CNS(=O)(=O)Cc1ccc(F)cc1. The molecule has 1 rings (SSSR count). The van der Waals surface area contributed by atoms with E-state index in [1.165, 1.54) is 31.2 Å². The van der Waals surface area contributed by atoms with Crippen LogP contribution in [0, 0.1) is 5.82 Å². The summed E-state index contributed by atoms with van der Waals surface area (Å²) in [4.78, 5) is 0. The lowest BCUT2D eigenvalue weighted by molar-refractivity contribution is 0.164. The van der Waals surface area contributed by atoms with Crippen LogP contribution in [0.1, 0.15) is 12.5 Å². The van der Waals surface area contributed by atoms with Gasteiger partial charge in [-0.25, -0.2) is 17.5 Å². The lowest BCUT2D eigenvalue weighted by Crippen LogP contribution is -2.43. The quantitative estimate of drug-likeness (QED) is 0.679. The molecule has 0 radical (unpaired) electrons. The van der Waals surface area contributed by atoms with Crippen LogP contribution in [0.5, 0.6) is 0 Å². The maximum atomic E-state index is 12.7. The summed E-state index contributed by atoms with van der Waals surface area (Å²) in [7, 11) is -3.54. The average Bonchev–Trinajstić information content (AvgIpc) is 2.29. The monoisotopic (exact) mass is 276 g/mol. The van der Waals surface area contributed by atoms with Gasteiger partial charge in [-0.2, -0.15) is 0 Å². The summed E-state index contributed by atoms with van der Waals surface area (Å²) in [6.07, 6.45) is -0.793. The topological polar surface area (TPSA) is 92.4 Å². The molecular formula is C11H17FN2O3S. The normalized spacial score (nSPS) is 15.3. The van der Waals surface area contributed by atoms with Crippen LogP contribution in [0.2, 0.25) is 0 Å². The second-order valence-electron chi connectivity index (χ2n) is 4.14. The number of benzene rings is 1. The van der Waals surface area contributed by atoms with Crippen molar-refractivity contribution in [3.63, 3.8) is 0 Å². The highest BCUT2D eigenvalue weighted by Crippen LogP contribution is 2.06. The molecule has 0 spiro atoms. The van der Waals surface area contributed by atoms with Gasteiger partial charge in [0.25, 0.3) is 0 Å². The third-order valence-electron chi connectivity index (χ3n) is 2.43. The minimum absolute atomic E-state index is 0.0405. The number of rotatable bonds is 6. The maximum Gasteiger partial charge on any atom is 0.215 e.